The van der Waals surface area contributed by atoms with Gasteiger partial charge in [0.1, 0.15) is 10.8 Å². The van der Waals surface area contributed by atoms with Crippen molar-refractivity contribution in [1.82, 2.24) is 24.6 Å². The van der Waals surface area contributed by atoms with E-state index in [2.05, 4.69) is 74.3 Å². The molecule has 0 spiro atoms. The van der Waals surface area contributed by atoms with Crippen molar-refractivity contribution in [2.24, 2.45) is 0 Å². The summed E-state index contributed by atoms with van der Waals surface area (Å²) in [7, 11) is -2.93. The minimum absolute atomic E-state index is 0.153. The lowest BCUT2D eigenvalue weighted by Gasteiger charge is -2.45. The van der Waals surface area contributed by atoms with Crippen LogP contribution in [0.25, 0.3) is 0 Å². The van der Waals surface area contributed by atoms with E-state index in [1.54, 1.807) is 35.4 Å². The molecule has 7 rings (SSSR count). The average Bonchev–Trinajstić information content (AvgIpc) is 3.52. The topological polar surface area (TPSA) is 80.6 Å². The van der Waals surface area contributed by atoms with Crippen molar-refractivity contribution in [3.05, 3.63) is 140 Å². The number of nitrogens with zero attached hydrogens (tertiary/aromatic N) is 5. The van der Waals surface area contributed by atoms with E-state index in [0.717, 1.165) is 16.8 Å². The Bertz CT molecular complexity index is 2100. The molecule has 2 aliphatic rings. The van der Waals surface area contributed by atoms with Crippen molar-refractivity contribution >= 4 is 65.3 Å². The van der Waals surface area contributed by atoms with Crippen LogP contribution in [0.15, 0.2) is 97.2 Å². The van der Waals surface area contributed by atoms with Crippen LogP contribution in [0.1, 0.15) is 84.4 Å². The first-order chi connectivity index (χ1) is 25.3. The SMILES string of the molecule is CC(c1ccc(Cl)nc1)N1C[C@@H](CO[Si](c2ccccc2)(c2ccccc2)C(C)(C)C)n2nc3c(c2C1=O)CN(C(=O)c1ccc(Cl)c(Cl)c1)[C@H](C)C3. The van der Waals surface area contributed by atoms with Gasteiger partial charge in [0.2, 0.25) is 0 Å². The van der Waals surface area contributed by atoms with Crippen LogP contribution in [0.4, 0.5) is 0 Å². The molecular weight excluding hydrogens is 745 g/mol. The highest BCUT2D eigenvalue weighted by molar-refractivity contribution is 6.99. The van der Waals surface area contributed by atoms with Gasteiger partial charge in [-0.3, -0.25) is 14.3 Å². The number of fused-ring (bicyclic) bond motifs is 3. The van der Waals surface area contributed by atoms with Crippen LogP contribution in [-0.4, -0.2) is 63.9 Å². The molecule has 5 aromatic rings. The van der Waals surface area contributed by atoms with Gasteiger partial charge in [-0.15, -0.1) is 0 Å². The first-order valence-electron chi connectivity index (χ1n) is 17.8. The molecule has 12 heteroatoms. The molecular formula is C41H42Cl3N5O3Si. The highest BCUT2D eigenvalue weighted by atomic mass is 35.5. The maximum Gasteiger partial charge on any atom is 0.273 e. The molecule has 0 bridgehead atoms. The fourth-order valence-corrected chi connectivity index (χ4v) is 12.9. The Kier molecular flexibility index (Phi) is 10.3. The minimum Gasteiger partial charge on any atom is -0.405 e. The summed E-state index contributed by atoms with van der Waals surface area (Å²) in [4.78, 5) is 36.7. The number of amides is 2. The van der Waals surface area contributed by atoms with Crippen LogP contribution in [0, 0.1) is 0 Å². The highest BCUT2D eigenvalue weighted by Gasteiger charge is 2.51. The number of rotatable bonds is 8. The molecule has 0 saturated carbocycles. The highest BCUT2D eigenvalue weighted by Crippen LogP contribution is 2.40. The zero-order valence-corrected chi connectivity index (χ0v) is 33.7. The Morgan fingerprint density at radius 1 is 0.943 bits per heavy atom. The number of aromatic nitrogens is 3. The Balaban J connectivity index is 1.31. The van der Waals surface area contributed by atoms with Gasteiger partial charge in [-0.25, -0.2) is 4.98 Å². The van der Waals surface area contributed by atoms with Crippen LogP contribution in [0.3, 0.4) is 0 Å². The molecule has 0 saturated heterocycles. The fourth-order valence-electron chi connectivity index (χ4n) is 7.90. The van der Waals surface area contributed by atoms with Gasteiger partial charge in [-0.05, 0) is 59.1 Å². The molecule has 3 aromatic carbocycles. The quantitative estimate of drug-likeness (QED) is 0.117. The molecule has 1 unspecified atom stereocenters. The van der Waals surface area contributed by atoms with Gasteiger partial charge < -0.3 is 14.2 Å². The number of carbonyl (C=O) groups is 2. The maximum atomic E-state index is 14.7. The summed E-state index contributed by atoms with van der Waals surface area (Å²) in [6.07, 6.45) is 2.21. The van der Waals surface area contributed by atoms with E-state index in [0.29, 0.717) is 46.0 Å². The van der Waals surface area contributed by atoms with E-state index >= 15 is 0 Å². The monoisotopic (exact) mass is 785 g/mol. The summed E-state index contributed by atoms with van der Waals surface area (Å²) in [5, 5.41) is 8.33. The number of hydrogen-bond donors (Lipinski definition) is 0. The maximum absolute atomic E-state index is 14.7. The van der Waals surface area contributed by atoms with Crippen molar-refractivity contribution < 1.29 is 14.0 Å². The van der Waals surface area contributed by atoms with Gasteiger partial charge in [0.25, 0.3) is 20.1 Å². The Morgan fingerprint density at radius 3 is 2.19 bits per heavy atom. The lowest BCUT2D eigenvalue weighted by Crippen LogP contribution is -2.67. The molecule has 0 fully saturated rings. The summed E-state index contributed by atoms with van der Waals surface area (Å²) in [6.45, 7) is 11.7. The van der Waals surface area contributed by atoms with E-state index < -0.39 is 8.32 Å². The van der Waals surface area contributed by atoms with Gasteiger partial charge in [-0.2, -0.15) is 5.10 Å². The van der Waals surface area contributed by atoms with Crippen LogP contribution in [-0.2, 0) is 17.4 Å². The minimum atomic E-state index is -2.93. The fraction of sp³-hybridized carbons (Fsp3) is 0.317. The van der Waals surface area contributed by atoms with Gasteiger partial charge in [0.05, 0.1) is 41.0 Å². The zero-order valence-electron chi connectivity index (χ0n) is 30.4. The second-order valence-corrected chi connectivity index (χ2v) is 20.5. The lowest BCUT2D eigenvalue weighted by molar-refractivity contribution is 0.0521. The number of halogens is 3. The molecule has 0 aliphatic carbocycles. The summed E-state index contributed by atoms with van der Waals surface area (Å²) in [5.74, 6) is -0.339. The molecule has 2 amide bonds. The van der Waals surface area contributed by atoms with Gasteiger partial charge >= 0.3 is 0 Å². The smallest absolute Gasteiger partial charge is 0.273 e. The standard InChI is InChI=1S/C41H42Cl3N5O3Si/c1-26-20-36-33(24-47(26)39(50)28-16-18-34(42)35(43)21-28)38-40(51)48(27(2)29-17-19-37(44)45-22-29)23-30(49(38)46-36)25-52-53(41(3,4)5,31-12-8-6-9-13-31)32-14-10-7-11-15-32/h6-19,21-22,26-27,30H,20,23-25H2,1-5H3/t26-,27?,30+/m1/s1. The van der Waals surface area contributed by atoms with Crippen LogP contribution in [0.5, 0.6) is 0 Å². The normalized spacial score (nSPS) is 18.1. The first-order valence-corrected chi connectivity index (χ1v) is 20.9. The molecule has 4 heterocycles. The number of pyridine rings is 1. The first kappa shape index (κ1) is 37.3. The van der Waals surface area contributed by atoms with E-state index in [9.17, 15) is 9.59 Å². The van der Waals surface area contributed by atoms with Crippen molar-refractivity contribution in [1.29, 1.82) is 0 Å². The van der Waals surface area contributed by atoms with Crippen molar-refractivity contribution in [3.8, 4) is 0 Å². The number of hydrogen-bond acceptors (Lipinski definition) is 5. The third kappa shape index (κ3) is 6.83. The molecule has 0 N–H and O–H groups in total. The average molecular weight is 787 g/mol. The van der Waals surface area contributed by atoms with E-state index in [1.807, 2.05) is 41.6 Å². The summed E-state index contributed by atoms with van der Waals surface area (Å²) in [6, 6.07) is 28.8. The zero-order chi connectivity index (χ0) is 37.7. The third-order valence-electron chi connectivity index (χ3n) is 10.7. The Morgan fingerprint density at radius 2 is 1.60 bits per heavy atom. The van der Waals surface area contributed by atoms with Crippen LogP contribution < -0.4 is 10.4 Å². The predicted octanol–water partition coefficient (Wildman–Crippen LogP) is 8.16. The lowest BCUT2D eigenvalue weighted by atomic mass is 9.96. The van der Waals surface area contributed by atoms with E-state index in [-0.39, 0.29) is 41.5 Å². The molecule has 8 nitrogen and oxygen atoms in total. The summed E-state index contributed by atoms with van der Waals surface area (Å²) in [5.41, 5.74) is 3.35. The van der Waals surface area contributed by atoms with Crippen molar-refractivity contribution in [2.75, 3.05) is 13.2 Å². The second kappa shape index (κ2) is 14.7. The number of carbonyl (C=O) groups excluding carboxylic acids is 2. The van der Waals surface area contributed by atoms with Gasteiger partial charge in [0, 0.05) is 36.3 Å². The van der Waals surface area contributed by atoms with Crippen LogP contribution in [0.2, 0.25) is 20.2 Å². The van der Waals surface area contributed by atoms with Crippen LogP contribution >= 0.6 is 34.8 Å². The predicted molar refractivity (Wildman–Crippen MR) is 213 cm³/mol. The third-order valence-corrected chi connectivity index (χ3v) is 16.7. The summed E-state index contributed by atoms with van der Waals surface area (Å²) < 4.78 is 9.34. The largest absolute Gasteiger partial charge is 0.405 e. The molecule has 2 aliphatic heterocycles. The van der Waals surface area contributed by atoms with Gasteiger partial charge in [-0.1, -0.05) is 122 Å². The second-order valence-electron chi connectivity index (χ2n) is 15.0. The molecule has 2 aromatic heterocycles. The van der Waals surface area contributed by atoms with E-state index in [1.165, 1.54) is 10.4 Å². The summed E-state index contributed by atoms with van der Waals surface area (Å²) >= 11 is 18.6. The Labute approximate surface area is 326 Å². The van der Waals surface area contributed by atoms with E-state index in [4.69, 9.17) is 44.3 Å². The molecule has 53 heavy (non-hydrogen) atoms. The molecule has 3 atom stereocenters. The number of benzene rings is 3. The van der Waals surface area contributed by atoms with Gasteiger partial charge in [0.15, 0.2) is 0 Å². The molecule has 274 valence electrons. The molecule has 0 radical (unpaired) electrons. The van der Waals surface area contributed by atoms with Crippen molar-refractivity contribution in [3.63, 3.8) is 0 Å². The Hall–Kier alpha value is -3.99. The van der Waals surface area contributed by atoms with Crippen molar-refractivity contribution in [2.45, 2.75) is 70.7 Å².